The van der Waals surface area contributed by atoms with Crippen molar-refractivity contribution in [1.82, 2.24) is 5.32 Å². The smallest absolute Gasteiger partial charge is 0.256 e. The molecule has 0 unspecified atom stereocenters. The molecular formula is C13H16N2OS. The summed E-state index contributed by atoms with van der Waals surface area (Å²) in [5.41, 5.74) is 0.834. The van der Waals surface area contributed by atoms with Crippen LogP contribution in [0.3, 0.4) is 0 Å². The quantitative estimate of drug-likeness (QED) is 0.833. The van der Waals surface area contributed by atoms with Gasteiger partial charge in [-0.3, -0.25) is 9.69 Å². The summed E-state index contributed by atoms with van der Waals surface area (Å²) in [6.45, 7) is 4.14. The van der Waals surface area contributed by atoms with Gasteiger partial charge in [-0.2, -0.15) is 0 Å². The number of carbonyl (C=O) groups excluding carboxylic acids is 1. The Morgan fingerprint density at radius 3 is 2.65 bits per heavy atom. The summed E-state index contributed by atoms with van der Waals surface area (Å²) >= 11 is 5.24. The fourth-order valence-corrected chi connectivity index (χ4v) is 2.26. The van der Waals surface area contributed by atoms with Crippen molar-refractivity contribution >= 4 is 28.9 Å². The summed E-state index contributed by atoms with van der Waals surface area (Å²) in [6.07, 6.45) is 0.953. The van der Waals surface area contributed by atoms with Gasteiger partial charge in [0.1, 0.15) is 6.04 Å². The zero-order valence-electron chi connectivity index (χ0n) is 10.0. The predicted molar refractivity (Wildman–Crippen MR) is 72.9 cm³/mol. The molecule has 2 rings (SSSR count). The van der Waals surface area contributed by atoms with Gasteiger partial charge in [-0.05, 0) is 30.3 Å². The summed E-state index contributed by atoms with van der Waals surface area (Å²) in [4.78, 5) is 13.9. The Bertz CT molecular complexity index is 432. The van der Waals surface area contributed by atoms with E-state index in [2.05, 4.69) is 19.2 Å². The zero-order chi connectivity index (χ0) is 12.4. The molecule has 1 saturated heterocycles. The van der Waals surface area contributed by atoms with Crippen LogP contribution in [0.15, 0.2) is 30.3 Å². The standard InChI is InChI=1S/C13H16N2OS/c1-3-9(2)11-12(16)15(13(17)14-11)10-7-5-4-6-8-10/h4-9,11H,3H2,1-2H3,(H,14,17)/t9-,11+/m0/s1. The fraction of sp³-hybridized carbons (Fsp3) is 0.385. The van der Waals surface area contributed by atoms with Crippen LogP contribution in [0.5, 0.6) is 0 Å². The highest BCUT2D eigenvalue weighted by molar-refractivity contribution is 7.80. The third-order valence-corrected chi connectivity index (χ3v) is 3.50. The first kappa shape index (κ1) is 12.0. The monoisotopic (exact) mass is 248 g/mol. The van der Waals surface area contributed by atoms with Crippen molar-refractivity contribution in [2.24, 2.45) is 5.92 Å². The lowest BCUT2D eigenvalue weighted by atomic mass is 9.99. The summed E-state index contributed by atoms with van der Waals surface area (Å²) in [7, 11) is 0. The molecule has 1 heterocycles. The number of carbonyl (C=O) groups is 1. The number of hydrogen-bond donors (Lipinski definition) is 1. The first-order valence-electron chi connectivity index (χ1n) is 5.84. The van der Waals surface area contributed by atoms with E-state index in [-0.39, 0.29) is 17.9 Å². The summed E-state index contributed by atoms with van der Waals surface area (Å²) in [5.74, 6) is 0.338. The molecule has 4 heteroatoms. The molecule has 0 spiro atoms. The van der Waals surface area contributed by atoms with Gasteiger partial charge in [0, 0.05) is 0 Å². The minimum absolute atomic E-state index is 0.0514. The molecule has 0 radical (unpaired) electrons. The molecule has 1 aliphatic rings. The number of rotatable bonds is 3. The van der Waals surface area contributed by atoms with Gasteiger partial charge < -0.3 is 5.32 Å². The Kier molecular flexibility index (Phi) is 3.43. The van der Waals surface area contributed by atoms with Gasteiger partial charge in [0.05, 0.1) is 5.69 Å². The molecule has 1 amide bonds. The van der Waals surface area contributed by atoms with E-state index in [1.165, 1.54) is 0 Å². The predicted octanol–water partition coefficient (Wildman–Crippen LogP) is 2.32. The van der Waals surface area contributed by atoms with E-state index in [0.717, 1.165) is 12.1 Å². The lowest BCUT2D eigenvalue weighted by Crippen LogP contribution is -2.35. The molecule has 17 heavy (non-hydrogen) atoms. The molecule has 2 atom stereocenters. The Hall–Kier alpha value is -1.42. The number of hydrogen-bond acceptors (Lipinski definition) is 2. The van der Waals surface area contributed by atoms with Crippen LogP contribution in [-0.4, -0.2) is 17.1 Å². The van der Waals surface area contributed by atoms with Crippen LogP contribution in [0.1, 0.15) is 20.3 Å². The molecule has 3 nitrogen and oxygen atoms in total. The molecule has 1 aromatic carbocycles. The first-order chi connectivity index (χ1) is 8.15. The van der Waals surface area contributed by atoms with E-state index < -0.39 is 0 Å². The molecular weight excluding hydrogens is 232 g/mol. The highest BCUT2D eigenvalue weighted by Gasteiger charge is 2.38. The van der Waals surface area contributed by atoms with E-state index in [1.807, 2.05) is 30.3 Å². The van der Waals surface area contributed by atoms with E-state index in [4.69, 9.17) is 12.2 Å². The normalized spacial score (nSPS) is 21.5. The summed E-state index contributed by atoms with van der Waals surface area (Å²) in [5, 5.41) is 3.62. The molecule has 0 aromatic heterocycles. The number of anilines is 1. The lowest BCUT2D eigenvalue weighted by Gasteiger charge is -2.16. The second-order valence-corrected chi connectivity index (χ2v) is 4.71. The molecule has 1 aromatic rings. The van der Waals surface area contributed by atoms with Gasteiger partial charge in [-0.1, -0.05) is 38.5 Å². The highest BCUT2D eigenvalue weighted by atomic mass is 32.1. The highest BCUT2D eigenvalue weighted by Crippen LogP contribution is 2.23. The number of para-hydroxylation sites is 1. The van der Waals surface area contributed by atoms with Crippen molar-refractivity contribution < 1.29 is 4.79 Å². The second kappa shape index (κ2) is 4.84. The average Bonchev–Trinajstić information content (AvgIpc) is 2.65. The van der Waals surface area contributed by atoms with Crippen LogP contribution in [0, 0.1) is 5.92 Å². The van der Waals surface area contributed by atoms with Crippen LogP contribution in [0.4, 0.5) is 5.69 Å². The van der Waals surface area contributed by atoms with E-state index in [0.29, 0.717) is 5.11 Å². The van der Waals surface area contributed by atoms with Crippen LogP contribution < -0.4 is 10.2 Å². The SMILES string of the molecule is CC[C@H](C)[C@H]1NC(=S)N(c2ccccc2)C1=O. The van der Waals surface area contributed by atoms with Gasteiger partial charge in [0.2, 0.25) is 0 Å². The molecule has 0 saturated carbocycles. The van der Waals surface area contributed by atoms with Crippen LogP contribution in [-0.2, 0) is 4.79 Å². The molecule has 1 fully saturated rings. The minimum atomic E-state index is -0.187. The second-order valence-electron chi connectivity index (χ2n) is 4.32. The Morgan fingerprint density at radius 2 is 2.06 bits per heavy atom. The van der Waals surface area contributed by atoms with Crippen molar-refractivity contribution in [3.05, 3.63) is 30.3 Å². The molecule has 90 valence electrons. The summed E-state index contributed by atoms with van der Waals surface area (Å²) < 4.78 is 0. The van der Waals surface area contributed by atoms with Crippen LogP contribution in [0.2, 0.25) is 0 Å². The van der Waals surface area contributed by atoms with Crippen molar-refractivity contribution in [1.29, 1.82) is 0 Å². The number of benzene rings is 1. The van der Waals surface area contributed by atoms with Crippen molar-refractivity contribution in [3.8, 4) is 0 Å². The van der Waals surface area contributed by atoms with E-state index >= 15 is 0 Å². The first-order valence-corrected chi connectivity index (χ1v) is 6.25. The lowest BCUT2D eigenvalue weighted by molar-refractivity contribution is -0.119. The minimum Gasteiger partial charge on any atom is -0.350 e. The van der Waals surface area contributed by atoms with Crippen molar-refractivity contribution in [2.45, 2.75) is 26.3 Å². The zero-order valence-corrected chi connectivity index (χ0v) is 10.8. The molecule has 1 aliphatic heterocycles. The maximum absolute atomic E-state index is 12.3. The van der Waals surface area contributed by atoms with Crippen LogP contribution in [0.25, 0.3) is 0 Å². The number of nitrogens with zero attached hydrogens (tertiary/aromatic N) is 1. The molecule has 0 bridgehead atoms. The molecule has 1 N–H and O–H groups in total. The third-order valence-electron chi connectivity index (χ3n) is 3.20. The van der Waals surface area contributed by atoms with Gasteiger partial charge >= 0.3 is 0 Å². The number of amides is 1. The van der Waals surface area contributed by atoms with Crippen molar-refractivity contribution in [3.63, 3.8) is 0 Å². The summed E-state index contributed by atoms with van der Waals surface area (Å²) in [6, 6.07) is 9.33. The van der Waals surface area contributed by atoms with E-state index in [1.54, 1.807) is 4.90 Å². The average molecular weight is 248 g/mol. The Labute approximate surface area is 107 Å². The maximum atomic E-state index is 12.3. The van der Waals surface area contributed by atoms with Gasteiger partial charge in [0.25, 0.3) is 5.91 Å². The third kappa shape index (κ3) is 2.17. The Morgan fingerprint density at radius 1 is 1.41 bits per heavy atom. The Balaban J connectivity index is 2.26. The van der Waals surface area contributed by atoms with Gasteiger partial charge in [0.15, 0.2) is 5.11 Å². The fourth-order valence-electron chi connectivity index (χ4n) is 1.94. The number of nitrogens with one attached hydrogen (secondary N) is 1. The van der Waals surface area contributed by atoms with Crippen LogP contribution >= 0.6 is 12.2 Å². The van der Waals surface area contributed by atoms with Crippen molar-refractivity contribution in [2.75, 3.05) is 4.90 Å². The number of thiocarbonyl (C=S) groups is 1. The molecule has 0 aliphatic carbocycles. The van der Waals surface area contributed by atoms with Gasteiger partial charge in [-0.15, -0.1) is 0 Å². The van der Waals surface area contributed by atoms with E-state index in [9.17, 15) is 4.79 Å². The topological polar surface area (TPSA) is 32.3 Å². The van der Waals surface area contributed by atoms with Gasteiger partial charge in [-0.25, -0.2) is 0 Å². The largest absolute Gasteiger partial charge is 0.350 e. The maximum Gasteiger partial charge on any atom is 0.256 e.